The molecule has 0 aromatic heterocycles. The second-order valence-corrected chi connectivity index (χ2v) is 13.6. The predicted molar refractivity (Wildman–Crippen MR) is 169 cm³/mol. The summed E-state index contributed by atoms with van der Waals surface area (Å²) in [4.78, 5) is 29.1. The van der Waals surface area contributed by atoms with Crippen molar-refractivity contribution in [3.05, 3.63) is 92.4 Å². The fourth-order valence-electron chi connectivity index (χ4n) is 5.05. The molecule has 3 aromatic rings. The minimum Gasteiger partial charge on any atom is -0.352 e. The Bertz CT molecular complexity index is 1510. The van der Waals surface area contributed by atoms with E-state index in [0.29, 0.717) is 15.6 Å². The van der Waals surface area contributed by atoms with E-state index in [1.807, 2.05) is 0 Å². The molecule has 1 saturated carbocycles. The van der Waals surface area contributed by atoms with Crippen molar-refractivity contribution >= 4 is 73.9 Å². The minimum atomic E-state index is -4.29. The third-order valence-corrected chi connectivity index (χ3v) is 10.3. The monoisotopic (exact) mass is 669 g/mol. The van der Waals surface area contributed by atoms with E-state index < -0.39 is 28.5 Å². The number of hydrogen-bond donors (Lipinski definition) is 1. The van der Waals surface area contributed by atoms with Crippen molar-refractivity contribution in [2.75, 3.05) is 10.8 Å². The van der Waals surface area contributed by atoms with Crippen molar-refractivity contribution in [1.82, 2.24) is 10.2 Å². The van der Waals surface area contributed by atoms with Gasteiger partial charge in [-0.3, -0.25) is 13.9 Å². The maximum Gasteiger partial charge on any atom is 0.264 e. The lowest BCUT2D eigenvalue weighted by molar-refractivity contribution is -0.140. The van der Waals surface area contributed by atoms with E-state index in [4.69, 9.17) is 46.4 Å². The van der Waals surface area contributed by atoms with Crippen molar-refractivity contribution in [1.29, 1.82) is 0 Å². The Morgan fingerprint density at radius 3 is 2.17 bits per heavy atom. The molecular weight excluding hydrogens is 640 g/mol. The van der Waals surface area contributed by atoms with Gasteiger partial charge in [-0.2, -0.15) is 0 Å². The summed E-state index contributed by atoms with van der Waals surface area (Å²) in [6, 6.07) is 16.1. The molecule has 1 aliphatic rings. The van der Waals surface area contributed by atoms with Gasteiger partial charge < -0.3 is 10.2 Å². The predicted octanol–water partition coefficient (Wildman–Crippen LogP) is 7.36. The quantitative estimate of drug-likeness (QED) is 0.231. The smallest absolute Gasteiger partial charge is 0.264 e. The van der Waals surface area contributed by atoms with Gasteiger partial charge in [0, 0.05) is 33.2 Å². The Morgan fingerprint density at radius 2 is 1.55 bits per heavy atom. The first-order chi connectivity index (χ1) is 20.0. The summed E-state index contributed by atoms with van der Waals surface area (Å²) in [5.74, 6) is -0.964. The fourth-order valence-corrected chi connectivity index (χ4v) is 7.45. The molecule has 1 fully saturated rings. The molecule has 0 spiro atoms. The van der Waals surface area contributed by atoms with Crippen molar-refractivity contribution in [3.63, 3.8) is 0 Å². The number of carbonyl (C=O) groups is 2. The highest BCUT2D eigenvalue weighted by atomic mass is 35.5. The average Bonchev–Trinajstić information content (AvgIpc) is 3.48. The molecule has 7 nitrogen and oxygen atoms in total. The second kappa shape index (κ2) is 14.3. The zero-order valence-corrected chi connectivity index (χ0v) is 26.7. The van der Waals surface area contributed by atoms with Crippen LogP contribution in [0.15, 0.2) is 71.6 Å². The molecule has 1 N–H and O–H groups in total. The number of carbonyl (C=O) groups excluding carboxylic acids is 2. The lowest BCUT2D eigenvalue weighted by Crippen LogP contribution is -2.53. The van der Waals surface area contributed by atoms with Crippen LogP contribution in [0, 0.1) is 0 Å². The number of sulfonamides is 1. The van der Waals surface area contributed by atoms with Crippen molar-refractivity contribution in [2.45, 2.75) is 62.6 Å². The van der Waals surface area contributed by atoms with Gasteiger partial charge in [-0.1, -0.05) is 90.4 Å². The Kier molecular flexibility index (Phi) is 11.1. The van der Waals surface area contributed by atoms with Gasteiger partial charge in [0.2, 0.25) is 11.8 Å². The molecule has 42 heavy (non-hydrogen) atoms. The van der Waals surface area contributed by atoms with Crippen LogP contribution in [0.25, 0.3) is 0 Å². The molecule has 0 saturated heterocycles. The van der Waals surface area contributed by atoms with Crippen LogP contribution in [0.4, 0.5) is 5.69 Å². The van der Waals surface area contributed by atoms with E-state index >= 15 is 0 Å². The van der Waals surface area contributed by atoms with E-state index in [1.165, 1.54) is 35.2 Å². The fraction of sp³-hybridized carbons (Fsp3) is 0.333. The standard InChI is InChI=1S/C30H31Cl4N3O4S/c1-2-27(30(39)35-21-9-6-7-10-21)36(18-23-24(32)13-8-14-25(23)33)29(38)19-37(28-17-20(31)15-16-26(28)34)42(40,41)22-11-4-3-5-12-22/h3-5,8,11-17,21,27H,2,6-7,9-10,18-19H2,1H3,(H,35,39). The molecule has 0 heterocycles. The number of benzene rings is 3. The molecule has 0 aliphatic heterocycles. The highest BCUT2D eigenvalue weighted by Crippen LogP contribution is 2.34. The molecule has 224 valence electrons. The zero-order valence-electron chi connectivity index (χ0n) is 22.9. The van der Waals surface area contributed by atoms with E-state index in [2.05, 4.69) is 5.32 Å². The highest BCUT2D eigenvalue weighted by molar-refractivity contribution is 7.92. The van der Waals surface area contributed by atoms with Crippen LogP contribution in [-0.4, -0.2) is 43.8 Å². The first-order valence-electron chi connectivity index (χ1n) is 13.6. The van der Waals surface area contributed by atoms with Crippen LogP contribution in [0.3, 0.4) is 0 Å². The number of hydrogen-bond acceptors (Lipinski definition) is 4. The number of rotatable bonds is 11. The summed E-state index contributed by atoms with van der Waals surface area (Å²) in [6.45, 7) is 1.02. The number of amides is 2. The first-order valence-corrected chi connectivity index (χ1v) is 16.5. The van der Waals surface area contributed by atoms with Crippen LogP contribution in [0.1, 0.15) is 44.6 Å². The van der Waals surface area contributed by atoms with Gasteiger partial charge in [-0.15, -0.1) is 0 Å². The molecule has 1 unspecified atom stereocenters. The SMILES string of the molecule is CCC(C(=O)NC1CCCC1)N(Cc1c(Cl)cccc1Cl)C(=O)CN(c1cc(Cl)ccc1Cl)S(=O)(=O)c1ccccc1. The summed E-state index contributed by atoms with van der Waals surface area (Å²) < 4.78 is 28.8. The van der Waals surface area contributed by atoms with E-state index in [0.717, 1.165) is 30.0 Å². The van der Waals surface area contributed by atoms with Crippen LogP contribution >= 0.6 is 46.4 Å². The van der Waals surface area contributed by atoms with E-state index in [1.54, 1.807) is 43.3 Å². The van der Waals surface area contributed by atoms with Gasteiger partial charge in [0.1, 0.15) is 12.6 Å². The van der Waals surface area contributed by atoms with Crippen molar-refractivity contribution < 1.29 is 18.0 Å². The summed E-state index contributed by atoms with van der Waals surface area (Å²) in [5.41, 5.74) is 0.472. The molecule has 1 atom stereocenters. The van der Waals surface area contributed by atoms with Gasteiger partial charge in [0.15, 0.2) is 0 Å². The first kappa shape index (κ1) is 32.4. The number of anilines is 1. The van der Waals surface area contributed by atoms with Crippen LogP contribution in [-0.2, 0) is 26.2 Å². The van der Waals surface area contributed by atoms with Crippen molar-refractivity contribution in [3.8, 4) is 0 Å². The molecule has 12 heteroatoms. The normalized spacial score (nSPS) is 14.4. The van der Waals surface area contributed by atoms with Gasteiger partial charge in [0.25, 0.3) is 10.0 Å². The summed E-state index contributed by atoms with van der Waals surface area (Å²) in [7, 11) is -4.29. The second-order valence-electron chi connectivity index (χ2n) is 10.1. The zero-order chi connectivity index (χ0) is 30.4. The van der Waals surface area contributed by atoms with Crippen LogP contribution < -0.4 is 9.62 Å². The summed E-state index contributed by atoms with van der Waals surface area (Å²) in [6.07, 6.45) is 4.04. The number of halogens is 4. The lowest BCUT2D eigenvalue weighted by Gasteiger charge is -2.34. The topological polar surface area (TPSA) is 86.8 Å². The van der Waals surface area contributed by atoms with Gasteiger partial charge in [-0.05, 0) is 61.7 Å². The van der Waals surface area contributed by atoms with E-state index in [9.17, 15) is 18.0 Å². The highest BCUT2D eigenvalue weighted by Gasteiger charge is 2.35. The Labute approximate surface area is 266 Å². The van der Waals surface area contributed by atoms with Crippen LogP contribution in [0.2, 0.25) is 20.1 Å². The maximum atomic E-state index is 14.2. The van der Waals surface area contributed by atoms with Gasteiger partial charge >= 0.3 is 0 Å². The van der Waals surface area contributed by atoms with Gasteiger partial charge in [-0.25, -0.2) is 8.42 Å². The van der Waals surface area contributed by atoms with Crippen molar-refractivity contribution in [2.24, 2.45) is 0 Å². The molecular formula is C30H31Cl4N3O4S. The summed E-state index contributed by atoms with van der Waals surface area (Å²) in [5, 5.41) is 4.02. The molecule has 1 aliphatic carbocycles. The Hall–Kier alpha value is -2.49. The van der Waals surface area contributed by atoms with Crippen LogP contribution in [0.5, 0.6) is 0 Å². The molecule has 0 bridgehead atoms. The third kappa shape index (κ3) is 7.53. The molecule has 0 radical (unpaired) electrons. The average molecular weight is 671 g/mol. The largest absolute Gasteiger partial charge is 0.352 e. The molecule has 3 aromatic carbocycles. The third-order valence-electron chi connectivity index (χ3n) is 7.26. The molecule has 2 amide bonds. The van der Waals surface area contributed by atoms with E-state index in [-0.39, 0.29) is 45.5 Å². The van der Waals surface area contributed by atoms with Gasteiger partial charge in [0.05, 0.1) is 15.6 Å². The summed E-state index contributed by atoms with van der Waals surface area (Å²) >= 11 is 25.7. The molecule has 4 rings (SSSR count). The lowest BCUT2D eigenvalue weighted by atomic mass is 10.1. The number of nitrogens with zero attached hydrogens (tertiary/aromatic N) is 2. The Balaban J connectivity index is 1.77. The Morgan fingerprint density at radius 1 is 0.905 bits per heavy atom. The minimum absolute atomic E-state index is 0.0210. The maximum absolute atomic E-state index is 14.2. The number of nitrogens with one attached hydrogen (secondary N) is 1.